The Balaban J connectivity index is 2.60. The van der Waals surface area contributed by atoms with Crippen LogP contribution in [0.5, 0.6) is 0 Å². The van der Waals surface area contributed by atoms with Gasteiger partial charge in [-0.2, -0.15) is 0 Å². The normalized spacial score (nSPS) is 14.5. The molecule has 0 saturated heterocycles. The monoisotopic (exact) mass is 208 g/mol. The second kappa shape index (κ2) is 6.32. The molecule has 0 aromatic heterocycles. The Labute approximate surface area is 90.0 Å². The molecule has 0 aliphatic heterocycles. The smallest absolute Gasteiger partial charge is 0.156 e. The molecular formula is C12H16O3. The van der Waals surface area contributed by atoms with E-state index in [1.54, 1.807) is 6.92 Å². The van der Waals surface area contributed by atoms with Crippen LogP contribution in [0.3, 0.4) is 0 Å². The molecule has 0 bridgehead atoms. The third kappa shape index (κ3) is 3.81. The summed E-state index contributed by atoms with van der Waals surface area (Å²) in [6.07, 6.45) is -0.136. The summed E-state index contributed by atoms with van der Waals surface area (Å²) in [6.45, 7) is 4.24. The second-order valence-electron chi connectivity index (χ2n) is 3.13. The molecule has 0 radical (unpaired) electrons. The van der Waals surface area contributed by atoms with Gasteiger partial charge in [-0.25, -0.2) is 0 Å². The van der Waals surface area contributed by atoms with E-state index in [1.165, 1.54) is 0 Å². The standard InChI is InChI=1S/C12H16O3/c1-3-14-10(2)15-12(9-13)11-7-5-4-6-8-11/h4-10,12H,3H2,1-2H3. The van der Waals surface area contributed by atoms with Crippen LogP contribution in [-0.2, 0) is 14.3 Å². The summed E-state index contributed by atoms with van der Waals surface area (Å²) in [4.78, 5) is 10.9. The highest BCUT2D eigenvalue weighted by Gasteiger charge is 2.13. The minimum atomic E-state index is -0.548. The van der Waals surface area contributed by atoms with Gasteiger partial charge in [0, 0.05) is 6.61 Å². The van der Waals surface area contributed by atoms with Gasteiger partial charge in [-0.15, -0.1) is 0 Å². The van der Waals surface area contributed by atoms with Crippen LogP contribution in [0.4, 0.5) is 0 Å². The summed E-state index contributed by atoms with van der Waals surface area (Å²) in [5.41, 5.74) is 0.846. The van der Waals surface area contributed by atoms with Crippen molar-refractivity contribution in [2.75, 3.05) is 6.61 Å². The third-order valence-electron chi connectivity index (χ3n) is 1.99. The summed E-state index contributed by atoms with van der Waals surface area (Å²) in [6, 6.07) is 9.37. The summed E-state index contributed by atoms with van der Waals surface area (Å²) in [7, 11) is 0. The maximum Gasteiger partial charge on any atom is 0.156 e. The van der Waals surface area contributed by atoms with Crippen LogP contribution in [0.25, 0.3) is 0 Å². The van der Waals surface area contributed by atoms with Crippen LogP contribution in [0.15, 0.2) is 30.3 Å². The van der Waals surface area contributed by atoms with E-state index in [0.29, 0.717) is 6.61 Å². The number of aldehydes is 1. The van der Waals surface area contributed by atoms with Crippen LogP contribution < -0.4 is 0 Å². The maximum atomic E-state index is 10.9. The van der Waals surface area contributed by atoms with Crippen LogP contribution >= 0.6 is 0 Å². The molecule has 0 aliphatic rings. The van der Waals surface area contributed by atoms with E-state index in [1.807, 2.05) is 37.3 Å². The maximum absolute atomic E-state index is 10.9. The largest absolute Gasteiger partial charge is 0.353 e. The van der Waals surface area contributed by atoms with Crippen LogP contribution in [0.1, 0.15) is 25.5 Å². The van der Waals surface area contributed by atoms with Gasteiger partial charge >= 0.3 is 0 Å². The van der Waals surface area contributed by atoms with Gasteiger partial charge < -0.3 is 14.3 Å². The van der Waals surface area contributed by atoms with Gasteiger partial charge in [0.25, 0.3) is 0 Å². The Kier molecular flexibility index (Phi) is 5.01. The van der Waals surface area contributed by atoms with E-state index in [-0.39, 0.29) is 6.29 Å². The van der Waals surface area contributed by atoms with Gasteiger partial charge in [0.05, 0.1) is 0 Å². The molecule has 3 heteroatoms. The van der Waals surface area contributed by atoms with Gasteiger partial charge in [0.1, 0.15) is 6.10 Å². The fourth-order valence-electron chi connectivity index (χ4n) is 1.31. The van der Waals surface area contributed by atoms with Gasteiger partial charge in [0.2, 0.25) is 0 Å². The number of hydrogen-bond donors (Lipinski definition) is 0. The predicted molar refractivity (Wildman–Crippen MR) is 57.4 cm³/mol. The molecule has 82 valence electrons. The Morgan fingerprint density at radius 1 is 1.33 bits per heavy atom. The minimum absolute atomic E-state index is 0.370. The fraction of sp³-hybridized carbons (Fsp3) is 0.417. The molecule has 0 aliphatic carbocycles. The first-order chi connectivity index (χ1) is 7.27. The lowest BCUT2D eigenvalue weighted by atomic mass is 10.1. The van der Waals surface area contributed by atoms with Crippen molar-refractivity contribution >= 4 is 6.29 Å². The van der Waals surface area contributed by atoms with E-state index in [0.717, 1.165) is 11.8 Å². The van der Waals surface area contributed by atoms with Crippen molar-refractivity contribution < 1.29 is 14.3 Å². The molecule has 0 N–H and O–H groups in total. The highest BCUT2D eigenvalue weighted by atomic mass is 16.7. The first kappa shape index (κ1) is 11.9. The zero-order valence-corrected chi connectivity index (χ0v) is 9.05. The highest BCUT2D eigenvalue weighted by molar-refractivity contribution is 5.59. The van der Waals surface area contributed by atoms with Crippen molar-refractivity contribution in [3.05, 3.63) is 35.9 Å². The van der Waals surface area contributed by atoms with Crippen LogP contribution in [0, 0.1) is 0 Å². The number of rotatable bonds is 6. The summed E-state index contributed by atoms with van der Waals surface area (Å²) in [5, 5.41) is 0. The highest BCUT2D eigenvalue weighted by Crippen LogP contribution is 2.16. The molecule has 1 aromatic rings. The molecule has 0 spiro atoms. The Morgan fingerprint density at radius 2 is 2.00 bits per heavy atom. The Morgan fingerprint density at radius 3 is 2.53 bits per heavy atom. The minimum Gasteiger partial charge on any atom is -0.353 e. The molecule has 2 atom stereocenters. The van der Waals surface area contributed by atoms with Crippen molar-refractivity contribution in [2.24, 2.45) is 0 Å². The zero-order chi connectivity index (χ0) is 11.1. The van der Waals surface area contributed by atoms with E-state index in [4.69, 9.17) is 9.47 Å². The summed E-state index contributed by atoms with van der Waals surface area (Å²) in [5.74, 6) is 0. The number of hydrogen-bond acceptors (Lipinski definition) is 3. The van der Waals surface area contributed by atoms with Gasteiger partial charge in [-0.05, 0) is 19.4 Å². The van der Waals surface area contributed by atoms with Crippen LogP contribution in [-0.4, -0.2) is 19.2 Å². The molecule has 0 fully saturated rings. The first-order valence-electron chi connectivity index (χ1n) is 5.05. The summed E-state index contributed by atoms with van der Waals surface area (Å²) >= 11 is 0. The molecular weight excluding hydrogens is 192 g/mol. The lowest BCUT2D eigenvalue weighted by Gasteiger charge is -2.18. The molecule has 0 amide bonds. The van der Waals surface area contributed by atoms with Crippen LogP contribution in [0.2, 0.25) is 0 Å². The quantitative estimate of drug-likeness (QED) is 0.531. The van der Waals surface area contributed by atoms with Gasteiger partial charge in [0.15, 0.2) is 12.6 Å². The SMILES string of the molecule is CCOC(C)OC(C=O)c1ccccc1. The molecule has 2 unspecified atom stereocenters. The average Bonchev–Trinajstić information content (AvgIpc) is 2.27. The average molecular weight is 208 g/mol. The number of carbonyl (C=O) groups is 1. The van der Waals surface area contributed by atoms with Crippen molar-refractivity contribution in [1.82, 2.24) is 0 Å². The van der Waals surface area contributed by atoms with Crippen molar-refractivity contribution in [3.63, 3.8) is 0 Å². The Hall–Kier alpha value is -1.19. The van der Waals surface area contributed by atoms with Crippen molar-refractivity contribution in [1.29, 1.82) is 0 Å². The van der Waals surface area contributed by atoms with E-state index in [2.05, 4.69) is 0 Å². The topological polar surface area (TPSA) is 35.5 Å². The van der Waals surface area contributed by atoms with E-state index in [9.17, 15) is 4.79 Å². The first-order valence-corrected chi connectivity index (χ1v) is 5.05. The number of ether oxygens (including phenoxy) is 2. The lowest BCUT2D eigenvalue weighted by Crippen LogP contribution is -2.17. The predicted octanol–water partition coefficient (Wildman–Crippen LogP) is 2.33. The number of benzene rings is 1. The molecule has 0 saturated carbocycles. The molecule has 15 heavy (non-hydrogen) atoms. The van der Waals surface area contributed by atoms with Gasteiger partial charge in [-0.1, -0.05) is 30.3 Å². The molecule has 0 heterocycles. The second-order valence-corrected chi connectivity index (χ2v) is 3.13. The van der Waals surface area contributed by atoms with Crippen molar-refractivity contribution in [3.8, 4) is 0 Å². The van der Waals surface area contributed by atoms with Crippen molar-refractivity contribution in [2.45, 2.75) is 26.2 Å². The molecule has 1 rings (SSSR count). The third-order valence-corrected chi connectivity index (χ3v) is 1.99. The molecule has 3 nitrogen and oxygen atoms in total. The van der Waals surface area contributed by atoms with E-state index >= 15 is 0 Å². The Bertz CT molecular complexity index is 284. The molecule has 1 aromatic carbocycles. The number of carbonyl (C=O) groups excluding carboxylic acids is 1. The van der Waals surface area contributed by atoms with E-state index < -0.39 is 6.10 Å². The van der Waals surface area contributed by atoms with Gasteiger partial charge in [-0.3, -0.25) is 0 Å². The fourth-order valence-corrected chi connectivity index (χ4v) is 1.31. The zero-order valence-electron chi connectivity index (χ0n) is 9.05. The lowest BCUT2D eigenvalue weighted by molar-refractivity contribution is -0.163. The summed E-state index contributed by atoms with van der Waals surface area (Å²) < 4.78 is 10.7.